The summed E-state index contributed by atoms with van der Waals surface area (Å²) < 4.78 is 36.5. The van der Waals surface area contributed by atoms with Crippen molar-refractivity contribution in [1.29, 1.82) is 0 Å². The second-order valence-corrected chi connectivity index (χ2v) is 17.1. The lowest BCUT2D eigenvalue weighted by atomic mass is 10.0. The molecule has 0 spiro atoms. The molecule has 16 nitrogen and oxygen atoms in total. The summed E-state index contributed by atoms with van der Waals surface area (Å²) in [6.07, 6.45) is 2.81. The Labute approximate surface area is 364 Å². The van der Waals surface area contributed by atoms with Gasteiger partial charge < -0.3 is 19.6 Å². The number of aliphatic hydroxyl groups is 1. The highest BCUT2D eigenvalue weighted by molar-refractivity contribution is 6.30. The number of nitrogens with zero attached hydrogens (tertiary/aromatic N) is 9. The summed E-state index contributed by atoms with van der Waals surface area (Å²) in [5.74, 6) is -1.45. The molecule has 1 aliphatic heterocycles. The van der Waals surface area contributed by atoms with Gasteiger partial charge in [0.1, 0.15) is 11.4 Å². The molecular weight excluding hydrogens is 849 g/mol. The van der Waals surface area contributed by atoms with E-state index in [1.807, 2.05) is 41.5 Å². The van der Waals surface area contributed by atoms with Gasteiger partial charge >= 0.3 is 17.5 Å². The van der Waals surface area contributed by atoms with Crippen molar-refractivity contribution in [3.8, 4) is 11.4 Å². The SMILES string of the molecule is Cc1ccnc(C(C)C)c1-n1c(=O)[nH]c(=O)c2cc(F)c(Cl)nc21.Cc1ccnc(C(C)C)c1-n1c(=O)nc(N2CCN(C(=O)OC(C)(C)C)CC2CO)c2cc(F)c(Cl)nc21. The standard InChI is InChI=1S/C26H32ClFN6O4.C16H14ClFN4O2/c1-14(2)19-20(15(3)7-8-29-19)34-23-17(11-18(28)21(27)30-23)22(31-24(34)36)33-10-9-32(12-16(33)13-35)25(37)38-26(4,5)6;1-7(2)11-12(8(3)4-5-19-11)22-14-9(15(23)21-16(22)24)6-10(18)13(17)20-14/h7-8,11,14,16,35H,9-10,12-13H2,1-6H3;4-7H,1-3H3,(H,21,23,24). The van der Waals surface area contributed by atoms with Gasteiger partial charge in [0, 0.05) is 32.0 Å². The van der Waals surface area contributed by atoms with Crippen molar-refractivity contribution in [3.05, 3.63) is 112 Å². The number of aromatic amines is 1. The number of amides is 1. The number of rotatable bonds is 6. The summed E-state index contributed by atoms with van der Waals surface area (Å²) in [5, 5.41) is 9.60. The molecule has 1 aliphatic rings. The predicted molar refractivity (Wildman–Crippen MR) is 232 cm³/mol. The summed E-state index contributed by atoms with van der Waals surface area (Å²) in [6.45, 7) is 17.0. The van der Waals surface area contributed by atoms with Crippen LogP contribution < -0.4 is 21.8 Å². The lowest BCUT2D eigenvalue weighted by molar-refractivity contribution is 0.0197. The number of halogens is 4. The zero-order valence-corrected chi connectivity index (χ0v) is 37.1. The number of nitrogens with one attached hydrogen (secondary N) is 1. The Morgan fingerprint density at radius 1 is 0.855 bits per heavy atom. The number of aryl methyl sites for hydroxylation is 2. The van der Waals surface area contributed by atoms with Crippen molar-refractivity contribution in [2.24, 2.45) is 0 Å². The summed E-state index contributed by atoms with van der Waals surface area (Å²) in [6, 6.07) is 5.07. The number of anilines is 1. The average molecular weight is 896 g/mol. The summed E-state index contributed by atoms with van der Waals surface area (Å²) >= 11 is 11.9. The minimum atomic E-state index is -0.827. The third-order valence-electron chi connectivity index (χ3n) is 10.0. The van der Waals surface area contributed by atoms with Gasteiger partial charge in [0.05, 0.1) is 46.2 Å². The molecule has 7 heterocycles. The molecule has 6 aromatic heterocycles. The molecule has 1 amide bonds. The molecule has 0 aliphatic carbocycles. The Morgan fingerprint density at radius 3 is 1.89 bits per heavy atom. The fourth-order valence-electron chi connectivity index (χ4n) is 7.18. The Bertz CT molecular complexity index is 2900. The maximum absolute atomic E-state index is 14.8. The number of pyridine rings is 4. The topological polar surface area (TPSA) is 194 Å². The molecule has 0 bridgehead atoms. The second kappa shape index (κ2) is 17.9. The Kier molecular flexibility index (Phi) is 13.2. The van der Waals surface area contributed by atoms with Crippen molar-refractivity contribution in [3.63, 3.8) is 0 Å². The van der Waals surface area contributed by atoms with Gasteiger partial charge in [-0.3, -0.25) is 19.7 Å². The van der Waals surface area contributed by atoms with Gasteiger partial charge in [-0.1, -0.05) is 50.9 Å². The van der Waals surface area contributed by atoms with Gasteiger partial charge in [-0.2, -0.15) is 4.98 Å². The van der Waals surface area contributed by atoms with Crippen LogP contribution in [0, 0.1) is 25.5 Å². The van der Waals surface area contributed by atoms with Crippen molar-refractivity contribution < 1.29 is 23.4 Å². The molecule has 1 saturated heterocycles. The number of aromatic nitrogens is 8. The number of carbonyl (C=O) groups excluding carboxylic acids is 1. The van der Waals surface area contributed by atoms with E-state index in [0.29, 0.717) is 22.8 Å². The maximum Gasteiger partial charge on any atom is 0.410 e. The Hall–Kier alpha value is -5.85. The zero-order chi connectivity index (χ0) is 45.5. The molecule has 6 aromatic rings. The molecule has 2 N–H and O–H groups in total. The minimum absolute atomic E-state index is 0.00634. The average Bonchev–Trinajstić information content (AvgIpc) is 3.19. The molecule has 1 unspecified atom stereocenters. The van der Waals surface area contributed by atoms with Crippen LogP contribution in [0.3, 0.4) is 0 Å². The highest BCUT2D eigenvalue weighted by atomic mass is 35.5. The molecule has 7 rings (SSSR count). The van der Waals surface area contributed by atoms with E-state index in [1.165, 1.54) is 20.1 Å². The molecule has 1 atom stereocenters. The first-order valence-electron chi connectivity index (χ1n) is 19.7. The van der Waals surface area contributed by atoms with Crippen LogP contribution in [-0.2, 0) is 4.74 Å². The van der Waals surface area contributed by atoms with E-state index in [-0.39, 0.29) is 71.1 Å². The highest BCUT2D eigenvalue weighted by Crippen LogP contribution is 2.32. The molecule has 20 heteroatoms. The van der Waals surface area contributed by atoms with Crippen LogP contribution in [-0.4, -0.2) is 93.0 Å². The first-order chi connectivity index (χ1) is 29.1. The molecule has 328 valence electrons. The summed E-state index contributed by atoms with van der Waals surface area (Å²) in [7, 11) is 0. The number of H-pyrrole nitrogens is 1. The first-order valence-corrected chi connectivity index (χ1v) is 20.5. The Morgan fingerprint density at radius 2 is 1.37 bits per heavy atom. The number of hydrogen-bond acceptors (Lipinski definition) is 12. The summed E-state index contributed by atoms with van der Waals surface area (Å²) in [4.78, 5) is 77.5. The van der Waals surface area contributed by atoms with E-state index in [0.717, 1.165) is 17.2 Å². The van der Waals surface area contributed by atoms with Crippen molar-refractivity contribution >= 4 is 57.2 Å². The van der Waals surface area contributed by atoms with Crippen molar-refractivity contribution in [1.82, 2.24) is 43.9 Å². The van der Waals surface area contributed by atoms with E-state index in [9.17, 15) is 33.1 Å². The molecule has 0 aromatic carbocycles. The van der Waals surface area contributed by atoms with Gasteiger partial charge in [0.2, 0.25) is 0 Å². The highest BCUT2D eigenvalue weighted by Gasteiger charge is 2.34. The number of carbonyl (C=O) groups is 1. The van der Waals surface area contributed by atoms with Crippen LogP contribution in [0.4, 0.5) is 19.4 Å². The monoisotopic (exact) mass is 894 g/mol. The molecule has 0 saturated carbocycles. The van der Waals surface area contributed by atoms with Crippen LogP contribution in [0.2, 0.25) is 10.3 Å². The minimum Gasteiger partial charge on any atom is -0.444 e. The van der Waals surface area contributed by atoms with E-state index < -0.39 is 51.5 Å². The molecule has 0 radical (unpaired) electrons. The summed E-state index contributed by atoms with van der Waals surface area (Å²) in [5.41, 5.74) is 1.27. The Balaban J connectivity index is 0.000000229. The van der Waals surface area contributed by atoms with Crippen LogP contribution in [0.5, 0.6) is 0 Å². The van der Waals surface area contributed by atoms with Crippen LogP contribution in [0.15, 0.2) is 51.0 Å². The second-order valence-electron chi connectivity index (χ2n) is 16.4. The van der Waals surface area contributed by atoms with E-state index >= 15 is 0 Å². The first kappa shape index (κ1) is 45.7. The number of piperazine rings is 1. The lowest BCUT2D eigenvalue weighted by Crippen LogP contribution is -2.57. The van der Waals surface area contributed by atoms with Gasteiger partial charge in [-0.15, -0.1) is 0 Å². The third-order valence-corrected chi connectivity index (χ3v) is 10.5. The van der Waals surface area contributed by atoms with Crippen LogP contribution in [0.25, 0.3) is 33.4 Å². The predicted octanol–water partition coefficient (Wildman–Crippen LogP) is 6.51. The number of fused-ring (bicyclic) bond motifs is 2. The van der Waals surface area contributed by atoms with Crippen LogP contribution >= 0.6 is 23.2 Å². The molecule has 1 fully saturated rings. The third kappa shape index (κ3) is 9.03. The largest absolute Gasteiger partial charge is 0.444 e. The molecular formula is C42H46Cl2F2N10O6. The van der Waals surface area contributed by atoms with Gasteiger partial charge in [-0.25, -0.2) is 42.3 Å². The molecule has 62 heavy (non-hydrogen) atoms. The van der Waals surface area contributed by atoms with E-state index in [4.69, 9.17) is 27.9 Å². The number of aliphatic hydroxyl groups excluding tert-OH is 1. The zero-order valence-electron chi connectivity index (χ0n) is 35.5. The lowest BCUT2D eigenvalue weighted by Gasteiger charge is -2.41. The van der Waals surface area contributed by atoms with Crippen LogP contribution in [0.1, 0.15) is 82.8 Å². The fraction of sp³-hybridized carbons (Fsp3) is 0.405. The quantitative estimate of drug-likeness (QED) is 0.173. The normalized spacial score (nSPS) is 14.5. The smallest absolute Gasteiger partial charge is 0.410 e. The van der Waals surface area contributed by atoms with Gasteiger partial charge in [0.15, 0.2) is 33.2 Å². The fourth-order valence-corrected chi connectivity index (χ4v) is 7.44. The van der Waals surface area contributed by atoms with E-state index in [1.54, 1.807) is 50.2 Å². The van der Waals surface area contributed by atoms with Crippen molar-refractivity contribution in [2.75, 3.05) is 31.1 Å². The van der Waals surface area contributed by atoms with Crippen molar-refractivity contribution in [2.45, 2.75) is 85.8 Å². The number of ether oxygens (including phenoxy) is 1. The number of hydrogen-bond donors (Lipinski definition) is 2. The van der Waals surface area contributed by atoms with Gasteiger partial charge in [0.25, 0.3) is 5.56 Å². The van der Waals surface area contributed by atoms with E-state index in [2.05, 4.69) is 29.9 Å². The maximum atomic E-state index is 14.8. The van der Waals surface area contributed by atoms with Gasteiger partial charge in [-0.05, 0) is 81.8 Å².